The Morgan fingerprint density at radius 1 is 0.868 bits per heavy atom. The second-order valence-corrected chi connectivity index (χ2v) is 10.7. The summed E-state index contributed by atoms with van der Waals surface area (Å²) in [7, 11) is 0. The van der Waals surface area contributed by atoms with Crippen LogP contribution in [0.1, 0.15) is 102 Å². The molecule has 2 aliphatic heterocycles. The molecule has 7 heteroatoms. The minimum absolute atomic E-state index is 0.0443. The van der Waals surface area contributed by atoms with Gasteiger partial charge >= 0.3 is 0 Å². The van der Waals surface area contributed by atoms with Gasteiger partial charge in [0.05, 0.1) is 5.70 Å². The van der Waals surface area contributed by atoms with Gasteiger partial charge in [-0.1, -0.05) is 64.4 Å². The number of allylic oxidation sites excluding steroid dienone is 4. The number of benzene rings is 1. The Morgan fingerprint density at radius 2 is 1.58 bits per heavy atom. The van der Waals surface area contributed by atoms with Crippen LogP contribution in [0.15, 0.2) is 52.1 Å². The molecule has 4 aliphatic rings. The average molecular weight is 520 g/mol. The van der Waals surface area contributed by atoms with Crippen LogP contribution in [0.5, 0.6) is 11.5 Å². The maximum atomic E-state index is 13.6. The number of rotatable bonds is 11. The fourth-order valence-corrected chi connectivity index (χ4v) is 6.05. The number of carbonyl (C=O) groups is 3. The van der Waals surface area contributed by atoms with Crippen molar-refractivity contribution in [2.75, 3.05) is 6.79 Å². The number of nitrogens with one attached hydrogen (secondary N) is 1. The fourth-order valence-electron chi connectivity index (χ4n) is 6.05. The van der Waals surface area contributed by atoms with Crippen molar-refractivity contribution in [1.29, 1.82) is 0 Å². The molecule has 1 aromatic rings. The summed E-state index contributed by atoms with van der Waals surface area (Å²) < 4.78 is 11.0. The molecule has 0 bridgehead atoms. The second kappa shape index (κ2) is 11.6. The first kappa shape index (κ1) is 26.3. The summed E-state index contributed by atoms with van der Waals surface area (Å²) in [4.78, 5) is 40.0. The Kier molecular flexibility index (Phi) is 8.01. The smallest absolute Gasteiger partial charge is 0.233 e. The minimum atomic E-state index is -0.739. The van der Waals surface area contributed by atoms with Crippen LogP contribution in [0.3, 0.4) is 0 Å². The molecule has 2 heterocycles. The van der Waals surface area contributed by atoms with Gasteiger partial charge in [-0.2, -0.15) is 0 Å². The number of aliphatic hydroxyl groups excluding tert-OH is 1. The maximum absolute atomic E-state index is 13.6. The number of unbranched alkanes of at least 4 members (excludes halogenated alkanes) is 8. The molecule has 7 nitrogen and oxygen atoms in total. The van der Waals surface area contributed by atoms with Gasteiger partial charge in [0.2, 0.25) is 18.4 Å². The molecule has 2 aliphatic carbocycles. The zero-order valence-electron chi connectivity index (χ0n) is 22.2. The van der Waals surface area contributed by atoms with E-state index in [1.165, 1.54) is 38.5 Å². The van der Waals surface area contributed by atoms with Crippen LogP contribution in [0.4, 0.5) is 0 Å². The topological polar surface area (TPSA) is 102 Å². The van der Waals surface area contributed by atoms with Crippen molar-refractivity contribution in [2.45, 2.75) is 96.3 Å². The number of hydrogen-bond donors (Lipinski definition) is 2. The van der Waals surface area contributed by atoms with E-state index in [9.17, 15) is 19.5 Å². The molecule has 0 amide bonds. The SMILES string of the molecule is CCCCCCCCCCCC1=C(O)C2=C(C(=O)C1=O)C(c1ccc3c(c1)OCO3)C1=C(CCCC1=O)N2. The maximum Gasteiger partial charge on any atom is 0.233 e. The van der Waals surface area contributed by atoms with Crippen LogP contribution in [0, 0.1) is 0 Å². The average Bonchev–Trinajstić information content (AvgIpc) is 3.40. The van der Waals surface area contributed by atoms with E-state index in [4.69, 9.17) is 9.47 Å². The summed E-state index contributed by atoms with van der Waals surface area (Å²) in [5, 5.41) is 14.5. The third kappa shape index (κ3) is 5.03. The highest BCUT2D eigenvalue weighted by Gasteiger charge is 2.45. The van der Waals surface area contributed by atoms with Gasteiger partial charge in [0.1, 0.15) is 5.76 Å². The van der Waals surface area contributed by atoms with E-state index in [0.717, 1.165) is 25.0 Å². The van der Waals surface area contributed by atoms with E-state index in [1.54, 1.807) is 18.2 Å². The Bertz CT molecular complexity index is 1240. The standard InChI is InChI=1S/C31H37NO6/c1-2-3-4-5-6-7-8-9-10-12-20-29(34)28-27(31(36)30(20)35)25(26-21(32-28)13-11-14-22(26)33)19-15-16-23-24(17-19)38-18-37-23/h15-17,25,32,34H,2-14,18H2,1H3. The lowest BCUT2D eigenvalue weighted by Gasteiger charge is -2.36. The normalized spacial score (nSPS) is 20.7. The molecular weight excluding hydrogens is 482 g/mol. The Morgan fingerprint density at radius 3 is 2.34 bits per heavy atom. The van der Waals surface area contributed by atoms with E-state index in [0.29, 0.717) is 48.3 Å². The highest BCUT2D eigenvalue weighted by Crippen LogP contribution is 2.47. The predicted molar refractivity (Wildman–Crippen MR) is 143 cm³/mol. The molecular formula is C31H37NO6. The number of aliphatic hydroxyl groups is 1. The summed E-state index contributed by atoms with van der Waals surface area (Å²) in [5.74, 6) is -1.12. The molecule has 1 atom stereocenters. The van der Waals surface area contributed by atoms with E-state index in [-0.39, 0.29) is 35.2 Å². The molecule has 1 aromatic carbocycles. The zero-order chi connectivity index (χ0) is 26.6. The third-order valence-electron chi connectivity index (χ3n) is 8.09. The van der Waals surface area contributed by atoms with Crippen LogP contribution in [0.2, 0.25) is 0 Å². The predicted octanol–water partition coefficient (Wildman–Crippen LogP) is 6.25. The molecule has 202 valence electrons. The number of Topliss-reactive ketones (excluding diaryl/α,β-unsaturated/α-hetero) is 3. The zero-order valence-corrected chi connectivity index (χ0v) is 22.2. The van der Waals surface area contributed by atoms with Crippen molar-refractivity contribution in [3.63, 3.8) is 0 Å². The van der Waals surface area contributed by atoms with Gasteiger partial charge < -0.3 is 19.9 Å². The van der Waals surface area contributed by atoms with Gasteiger partial charge in [-0.05, 0) is 43.4 Å². The van der Waals surface area contributed by atoms with Gasteiger partial charge in [0, 0.05) is 34.8 Å². The van der Waals surface area contributed by atoms with Gasteiger partial charge in [0.25, 0.3) is 0 Å². The quantitative estimate of drug-likeness (QED) is 0.202. The number of hydrogen-bond acceptors (Lipinski definition) is 7. The van der Waals surface area contributed by atoms with E-state index < -0.39 is 17.5 Å². The largest absolute Gasteiger partial charge is 0.505 e. The Hall–Kier alpha value is -3.35. The summed E-state index contributed by atoms with van der Waals surface area (Å²) in [6.07, 6.45) is 12.3. The molecule has 0 spiro atoms. The van der Waals surface area contributed by atoms with Gasteiger partial charge in [-0.15, -0.1) is 0 Å². The van der Waals surface area contributed by atoms with Crippen molar-refractivity contribution in [1.82, 2.24) is 5.32 Å². The van der Waals surface area contributed by atoms with Crippen LogP contribution in [0.25, 0.3) is 0 Å². The van der Waals surface area contributed by atoms with Gasteiger partial charge in [-0.25, -0.2) is 0 Å². The monoisotopic (exact) mass is 519 g/mol. The van der Waals surface area contributed by atoms with Crippen LogP contribution in [-0.2, 0) is 14.4 Å². The molecule has 1 unspecified atom stereocenters. The Labute approximate surface area is 224 Å². The lowest BCUT2D eigenvalue weighted by molar-refractivity contribution is -0.132. The van der Waals surface area contributed by atoms with Crippen molar-refractivity contribution in [3.8, 4) is 11.5 Å². The van der Waals surface area contributed by atoms with E-state index >= 15 is 0 Å². The Balaban J connectivity index is 1.39. The number of dihydropyridines is 1. The highest BCUT2D eigenvalue weighted by molar-refractivity contribution is 6.50. The van der Waals surface area contributed by atoms with Crippen molar-refractivity contribution in [2.24, 2.45) is 0 Å². The lowest BCUT2D eigenvalue weighted by atomic mass is 9.71. The molecule has 5 rings (SSSR count). The van der Waals surface area contributed by atoms with Crippen LogP contribution < -0.4 is 14.8 Å². The number of carbonyl (C=O) groups excluding carboxylic acids is 3. The van der Waals surface area contributed by atoms with Crippen LogP contribution >= 0.6 is 0 Å². The summed E-state index contributed by atoms with van der Waals surface area (Å²) in [6.45, 7) is 2.32. The van der Waals surface area contributed by atoms with Gasteiger partial charge in [0.15, 0.2) is 17.3 Å². The highest BCUT2D eigenvalue weighted by atomic mass is 16.7. The number of ether oxygens (including phenoxy) is 2. The first-order valence-corrected chi connectivity index (χ1v) is 14.2. The van der Waals surface area contributed by atoms with Crippen molar-refractivity contribution < 1.29 is 29.0 Å². The molecule has 0 radical (unpaired) electrons. The van der Waals surface area contributed by atoms with E-state index in [1.807, 2.05) is 0 Å². The number of fused-ring (bicyclic) bond motifs is 1. The van der Waals surface area contributed by atoms with Crippen LogP contribution in [-0.4, -0.2) is 29.2 Å². The lowest BCUT2D eigenvalue weighted by Crippen LogP contribution is -2.40. The molecule has 0 fully saturated rings. The van der Waals surface area contributed by atoms with Crippen molar-refractivity contribution >= 4 is 17.3 Å². The summed E-state index contributed by atoms with van der Waals surface area (Å²) in [5.41, 5.74) is 2.50. The summed E-state index contributed by atoms with van der Waals surface area (Å²) >= 11 is 0. The van der Waals surface area contributed by atoms with E-state index in [2.05, 4.69) is 12.2 Å². The molecule has 0 saturated heterocycles. The first-order valence-electron chi connectivity index (χ1n) is 14.2. The molecule has 0 saturated carbocycles. The first-order chi connectivity index (χ1) is 18.5. The van der Waals surface area contributed by atoms with Crippen molar-refractivity contribution in [3.05, 3.63) is 57.6 Å². The molecule has 2 N–H and O–H groups in total. The molecule has 38 heavy (non-hydrogen) atoms. The minimum Gasteiger partial charge on any atom is -0.505 e. The molecule has 0 aromatic heterocycles. The number of ketones is 3. The summed E-state index contributed by atoms with van der Waals surface area (Å²) in [6, 6.07) is 5.33. The fraction of sp³-hybridized carbons (Fsp3) is 0.516. The second-order valence-electron chi connectivity index (χ2n) is 10.7. The van der Waals surface area contributed by atoms with Gasteiger partial charge in [-0.3, -0.25) is 14.4 Å². The third-order valence-corrected chi connectivity index (χ3v) is 8.09.